The van der Waals surface area contributed by atoms with E-state index in [1.54, 1.807) is 26.4 Å². The SMILES string of the molecule is COc1cc(OC)c(-c2cc(N)n[nH]2)cc1Br. The molecule has 0 radical (unpaired) electrons. The molecule has 0 bridgehead atoms. The van der Waals surface area contributed by atoms with Crippen molar-refractivity contribution in [1.82, 2.24) is 10.2 Å². The Morgan fingerprint density at radius 2 is 1.88 bits per heavy atom. The molecule has 0 aliphatic carbocycles. The van der Waals surface area contributed by atoms with Gasteiger partial charge in [-0.2, -0.15) is 5.10 Å². The summed E-state index contributed by atoms with van der Waals surface area (Å²) in [7, 11) is 3.21. The summed E-state index contributed by atoms with van der Waals surface area (Å²) in [4.78, 5) is 0. The highest BCUT2D eigenvalue weighted by Crippen LogP contribution is 2.38. The molecule has 1 aromatic heterocycles. The van der Waals surface area contributed by atoms with Crippen LogP contribution in [0.25, 0.3) is 11.3 Å². The lowest BCUT2D eigenvalue weighted by Gasteiger charge is -2.10. The number of anilines is 1. The second-order valence-electron chi connectivity index (χ2n) is 3.39. The third kappa shape index (κ3) is 2.21. The van der Waals surface area contributed by atoms with Gasteiger partial charge in [-0.15, -0.1) is 0 Å². The van der Waals surface area contributed by atoms with Crippen molar-refractivity contribution in [2.24, 2.45) is 0 Å². The first-order chi connectivity index (χ1) is 8.15. The molecule has 0 amide bonds. The average Bonchev–Trinajstić information content (AvgIpc) is 2.75. The summed E-state index contributed by atoms with van der Waals surface area (Å²) < 4.78 is 11.4. The van der Waals surface area contributed by atoms with E-state index in [-0.39, 0.29) is 0 Å². The minimum absolute atomic E-state index is 0.439. The predicted molar refractivity (Wildman–Crippen MR) is 69.2 cm³/mol. The molecule has 2 aromatic rings. The number of hydrogen-bond donors (Lipinski definition) is 2. The number of benzene rings is 1. The van der Waals surface area contributed by atoms with E-state index >= 15 is 0 Å². The van der Waals surface area contributed by atoms with Crippen molar-refractivity contribution in [2.45, 2.75) is 0 Å². The van der Waals surface area contributed by atoms with E-state index in [4.69, 9.17) is 15.2 Å². The Balaban J connectivity index is 2.57. The maximum absolute atomic E-state index is 5.58. The second-order valence-corrected chi connectivity index (χ2v) is 4.25. The van der Waals surface area contributed by atoms with E-state index in [0.29, 0.717) is 17.3 Å². The van der Waals surface area contributed by atoms with Crippen LogP contribution in [0.1, 0.15) is 0 Å². The molecule has 2 rings (SSSR count). The summed E-state index contributed by atoms with van der Waals surface area (Å²) in [6, 6.07) is 5.44. The van der Waals surface area contributed by atoms with Gasteiger partial charge in [0.25, 0.3) is 0 Å². The number of nitrogens with two attached hydrogens (primary N) is 1. The van der Waals surface area contributed by atoms with Gasteiger partial charge in [0, 0.05) is 17.7 Å². The molecule has 17 heavy (non-hydrogen) atoms. The lowest BCUT2D eigenvalue weighted by molar-refractivity contribution is 0.393. The van der Waals surface area contributed by atoms with Crippen molar-refractivity contribution in [3.8, 4) is 22.8 Å². The Morgan fingerprint density at radius 1 is 1.18 bits per heavy atom. The molecule has 90 valence electrons. The fraction of sp³-hybridized carbons (Fsp3) is 0.182. The zero-order chi connectivity index (χ0) is 12.4. The first kappa shape index (κ1) is 11.8. The summed E-state index contributed by atoms with van der Waals surface area (Å²) in [5.74, 6) is 1.83. The zero-order valence-corrected chi connectivity index (χ0v) is 11.0. The molecule has 0 spiro atoms. The molecule has 1 heterocycles. The highest BCUT2D eigenvalue weighted by Gasteiger charge is 2.12. The van der Waals surface area contributed by atoms with Crippen molar-refractivity contribution in [2.75, 3.05) is 20.0 Å². The van der Waals surface area contributed by atoms with Gasteiger partial charge in [0.05, 0.1) is 24.4 Å². The summed E-state index contributed by atoms with van der Waals surface area (Å²) in [6.07, 6.45) is 0. The van der Waals surface area contributed by atoms with Crippen molar-refractivity contribution < 1.29 is 9.47 Å². The molecular weight excluding hydrogens is 286 g/mol. The number of nitrogens with one attached hydrogen (secondary N) is 1. The van der Waals surface area contributed by atoms with E-state index in [0.717, 1.165) is 15.7 Å². The number of nitrogens with zero attached hydrogens (tertiary/aromatic N) is 1. The van der Waals surface area contributed by atoms with Crippen LogP contribution in [0.4, 0.5) is 5.82 Å². The third-order valence-electron chi connectivity index (χ3n) is 2.36. The summed E-state index contributed by atoms with van der Waals surface area (Å²) in [6.45, 7) is 0. The number of ether oxygens (including phenoxy) is 2. The van der Waals surface area contributed by atoms with Crippen molar-refractivity contribution in [3.05, 3.63) is 22.7 Å². The van der Waals surface area contributed by atoms with Crippen LogP contribution in [-0.4, -0.2) is 24.4 Å². The summed E-state index contributed by atoms with van der Waals surface area (Å²) >= 11 is 3.43. The number of halogens is 1. The Morgan fingerprint density at radius 3 is 2.41 bits per heavy atom. The lowest BCUT2D eigenvalue weighted by atomic mass is 10.1. The number of rotatable bonds is 3. The van der Waals surface area contributed by atoms with Crippen LogP contribution < -0.4 is 15.2 Å². The monoisotopic (exact) mass is 297 g/mol. The predicted octanol–water partition coefficient (Wildman–Crippen LogP) is 2.44. The maximum atomic E-state index is 5.58. The van der Waals surface area contributed by atoms with Gasteiger partial charge in [-0.25, -0.2) is 0 Å². The van der Waals surface area contributed by atoms with Gasteiger partial charge in [0.2, 0.25) is 0 Å². The number of aromatic nitrogens is 2. The van der Waals surface area contributed by atoms with Crippen LogP contribution in [0.2, 0.25) is 0 Å². The Kier molecular flexibility index (Phi) is 3.23. The van der Waals surface area contributed by atoms with E-state index in [9.17, 15) is 0 Å². The highest BCUT2D eigenvalue weighted by molar-refractivity contribution is 9.10. The maximum Gasteiger partial charge on any atom is 0.145 e. The first-order valence-electron chi connectivity index (χ1n) is 4.88. The molecular formula is C11H12BrN3O2. The molecule has 0 unspecified atom stereocenters. The molecule has 3 N–H and O–H groups in total. The van der Waals surface area contributed by atoms with Crippen LogP contribution in [-0.2, 0) is 0 Å². The van der Waals surface area contributed by atoms with Crippen LogP contribution >= 0.6 is 15.9 Å². The first-order valence-corrected chi connectivity index (χ1v) is 5.67. The van der Waals surface area contributed by atoms with Crippen molar-refractivity contribution in [1.29, 1.82) is 0 Å². The van der Waals surface area contributed by atoms with Crippen LogP contribution in [0.5, 0.6) is 11.5 Å². The molecule has 0 saturated heterocycles. The topological polar surface area (TPSA) is 73.2 Å². The fourth-order valence-corrected chi connectivity index (χ4v) is 2.05. The average molecular weight is 298 g/mol. The number of H-pyrrole nitrogens is 1. The molecule has 6 heteroatoms. The molecule has 0 atom stereocenters. The van der Waals surface area contributed by atoms with Crippen LogP contribution in [0, 0.1) is 0 Å². The molecule has 0 aliphatic heterocycles. The van der Waals surface area contributed by atoms with E-state index in [1.165, 1.54) is 0 Å². The van der Waals surface area contributed by atoms with Crippen molar-refractivity contribution in [3.63, 3.8) is 0 Å². The van der Waals surface area contributed by atoms with E-state index in [2.05, 4.69) is 26.1 Å². The van der Waals surface area contributed by atoms with Gasteiger partial charge in [0.1, 0.15) is 17.3 Å². The fourth-order valence-electron chi connectivity index (χ4n) is 1.55. The minimum Gasteiger partial charge on any atom is -0.496 e. The zero-order valence-electron chi connectivity index (χ0n) is 9.45. The number of hydrogen-bond acceptors (Lipinski definition) is 4. The third-order valence-corrected chi connectivity index (χ3v) is 2.98. The smallest absolute Gasteiger partial charge is 0.145 e. The van der Waals surface area contributed by atoms with E-state index < -0.39 is 0 Å². The number of nitrogen functional groups attached to an aromatic ring is 1. The van der Waals surface area contributed by atoms with Gasteiger partial charge >= 0.3 is 0 Å². The molecule has 1 aromatic carbocycles. The standard InChI is InChI=1S/C11H12BrN3O2/c1-16-9-5-10(17-2)7(12)3-6(9)8-4-11(13)15-14-8/h3-5H,1-2H3,(H3,13,14,15). The molecule has 0 saturated carbocycles. The summed E-state index contributed by atoms with van der Waals surface area (Å²) in [5, 5.41) is 6.74. The molecule has 0 aliphatic rings. The lowest BCUT2D eigenvalue weighted by Crippen LogP contribution is -1.92. The summed E-state index contributed by atoms with van der Waals surface area (Å²) in [5.41, 5.74) is 7.24. The molecule has 0 fully saturated rings. The Labute approximate surface area is 107 Å². The molecule has 5 nitrogen and oxygen atoms in total. The van der Waals surface area contributed by atoms with Crippen LogP contribution in [0.3, 0.4) is 0 Å². The minimum atomic E-state index is 0.439. The van der Waals surface area contributed by atoms with Crippen molar-refractivity contribution >= 4 is 21.7 Å². The van der Waals surface area contributed by atoms with Gasteiger partial charge < -0.3 is 15.2 Å². The van der Waals surface area contributed by atoms with Gasteiger partial charge in [-0.1, -0.05) is 0 Å². The second kappa shape index (κ2) is 4.67. The number of aromatic amines is 1. The van der Waals surface area contributed by atoms with Gasteiger partial charge in [-0.3, -0.25) is 5.10 Å². The van der Waals surface area contributed by atoms with E-state index in [1.807, 2.05) is 6.07 Å². The Hall–Kier alpha value is -1.69. The van der Waals surface area contributed by atoms with Crippen LogP contribution in [0.15, 0.2) is 22.7 Å². The quantitative estimate of drug-likeness (QED) is 0.913. The Bertz CT molecular complexity index is 540. The normalized spacial score (nSPS) is 10.3. The van der Waals surface area contributed by atoms with Gasteiger partial charge in [0.15, 0.2) is 0 Å². The highest BCUT2D eigenvalue weighted by atomic mass is 79.9. The largest absolute Gasteiger partial charge is 0.496 e. The number of methoxy groups -OCH3 is 2. The van der Waals surface area contributed by atoms with Gasteiger partial charge in [-0.05, 0) is 22.0 Å².